The first kappa shape index (κ1) is 6.85. The molecule has 2 N–H and O–H groups in total. The second-order valence-corrected chi connectivity index (χ2v) is 3.33. The highest BCUT2D eigenvalue weighted by Gasteiger charge is 2.39. The van der Waals surface area contributed by atoms with Crippen LogP contribution in [0, 0.1) is 0 Å². The van der Waals surface area contributed by atoms with E-state index in [1.165, 1.54) is 5.56 Å². The molecule has 2 rings (SSSR count). The maximum absolute atomic E-state index is 9.50. The number of rotatable bonds is 3. The van der Waals surface area contributed by atoms with Crippen LogP contribution in [0.2, 0.25) is 0 Å². The number of aliphatic hydroxyl groups is 1. The molecular formula is C8H12N2O. The van der Waals surface area contributed by atoms with Crippen molar-refractivity contribution in [2.75, 3.05) is 0 Å². The van der Waals surface area contributed by atoms with Gasteiger partial charge in [0.1, 0.15) is 0 Å². The summed E-state index contributed by atoms with van der Waals surface area (Å²) in [7, 11) is 0. The molecule has 11 heavy (non-hydrogen) atoms. The SMILES string of the molecule is OC1(CCc2cn[nH]c2)CC1. The first-order valence-corrected chi connectivity index (χ1v) is 3.99. The minimum absolute atomic E-state index is 0.322. The van der Waals surface area contributed by atoms with E-state index < -0.39 is 0 Å². The minimum atomic E-state index is -0.322. The first-order valence-electron chi connectivity index (χ1n) is 3.99. The number of aryl methyl sites for hydroxylation is 1. The van der Waals surface area contributed by atoms with Crippen molar-refractivity contribution in [3.8, 4) is 0 Å². The molecule has 0 atom stereocenters. The van der Waals surface area contributed by atoms with Crippen molar-refractivity contribution >= 4 is 0 Å². The molecule has 1 aliphatic rings. The molecule has 1 aromatic heterocycles. The quantitative estimate of drug-likeness (QED) is 0.675. The number of aromatic nitrogens is 2. The predicted octanol–water partition coefficient (Wildman–Crippen LogP) is 0.867. The van der Waals surface area contributed by atoms with E-state index in [-0.39, 0.29) is 5.60 Å². The van der Waals surface area contributed by atoms with Gasteiger partial charge in [-0.25, -0.2) is 0 Å². The molecule has 1 aliphatic carbocycles. The topological polar surface area (TPSA) is 48.9 Å². The Morgan fingerprint density at radius 2 is 2.45 bits per heavy atom. The summed E-state index contributed by atoms with van der Waals surface area (Å²) < 4.78 is 0. The van der Waals surface area contributed by atoms with Crippen LogP contribution in [-0.2, 0) is 6.42 Å². The summed E-state index contributed by atoms with van der Waals surface area (Å²) in [4.78, 5) is 0. The van der Waals surface area contributed by atoms with Gasteiger partial charge in [-0.2, -0.15) is 5.10 Å². The molecule has 0 bridgehead atoms. The van der Waals surface area contributed by atoms with Gasteiger partial charge in [-0.3, -0.25) is 5.10 Å². The highest BCUT2D eigenvalue weighted by atomic mass is 16.3. The number of nitrogens with zero attached hydrogens (tertiary/aromatic N) is 1. The normalized spacial score (nSPS) is 20.1. The van der Waals surface area contributed by atoms with Crippen molar-refractivity contribution in [2.24, 2.45) is 0 Å². The third-order valence-corrected chi connectivity index (χ3v) is 2.26. The molecule has 1 heterocycles. The van der Waals surface area contributed by atoms with Crippen LogP contribution in [-0.4, -0.2) is 20.9 Å². The fourth-order valence-electron chi connectivity index (χ4n) is 1.19. The molecule has 3 heteroatoms. The smallest absolute Gasteiger partial charge is 0.0653 e. The summed E-state index contributed by atoms with van der Waals surface area (Å²) >= 11 is 0. The average Bonchev–Trinajstić information content (AvgIpc) is 2.53. The van der Waals surface area contributed by atoms with Crippen LogP contribution in [0.4, 0.5) is 0 Å². The maximum Gasteiger partial charge on any atom is 0.0653 e. The lowest BCUT2D eigenvalue weighted by Gasteiger charge is -2.03. The summed E-state index contributed by atoms with van der Waals surface area (Å²) in [6.07, 6.45) is 7.46. The van der Waals surface area contributed by atoms with E-state index in [0.717, 1.165) is 25.7 Å². The van der Waals surface area contributed by atoms with Crippen LogP contribution < -0.4 is 0 Å². The van der Waals surface area contributed by atoms with Gasteiger partial charge in [0.05, 0.1) is 11.8 Å². The highest BCUT2D eigenvalue weighted by Crippen LogP contribution is 2.38. The number of hydrogen-bond acceptors (Lipinski definition) is 2. The lowest BCUT2D eigenvalue weighted by molar-refractivity contribution is 0.140. The van der Waals surface area contributed by atoms with Gasteiger partial charge in [0, 0.05) is 6.20 Å². The van der Waals surface area contributed by atoms with Crippen molar-refractivity contribution in [3.63, 3.8) is 0 Å². The van der Waals surface area contributed by atoms with Gasteiger partial charge in [-0.1, -0.05) is 0 Å². The Hall–Kier alpha value is -0.830. The van der Waals surface area contributed by atoms with Gasteiger partial charge in [-0.15, -0.1) is 0 Å². The van der Waals surface area contributed by atoms with Gasteiger partial charge < -0.3 is 5.11 Å². The third-order valence-electron chi connectivity index (χ3n) is 2.26. The Labute approximate surface area is 65.4 Å². The Balaban J connectivity index is 1.83. The molecular weight excluding hydrogens is 140 g/mol. The molecule has 1 fully saturated rings. The molecule has 1 saturated carbocycles. The summed E-state index contributed by atoms with van der Waals surface area (Å²) in [5.41, 5.74) is 0.863. The largest absolute Gasteiger partial charge is 0.390 e. The van der Waals surface area contributed by atoms with Gasteiger partial charge >= 0.3 is 0 Å². The Morgan fingerprint density at radius 1 is 1.64 bits per heavy atom. The zero-order chi connectivity index (χ0) is 7.73. The van der Waals surface area contributed by atoms with Crippen LogP contribution in [0.1, 0.15) is 24.8 Å². The van der Waals surface area contributed by atoms with E-state index in [9.17, 15) is 5.11 Å². The Morgan fingerprint density at radius 3 is 3.00 bits per heavy atom. The minimum Gasteiger partial charge on any atom is -0.390 e. The average molecular weight is 152 g/mol. The molecule has 1 aromatic rings. The second kappa shape index (κ2) is 2.34. The fraction of sp³-hybridized carbons (Fsp3) is 0.625. The lowest BCUT2D eigenvalue weighted by atomic mass is 10.1. The van der Waals surface area contributed by atoms with E-state index in [2.05, 4.69) is 10.2 Å². The van der Waals surface area contributed by atoms with Crippen LogP contribution >= 0.6 is 0 Å². The van der Waals surface area contributed by atoms with Crippen molar-refractivity contribution in [1.82, 2.24) is 10.2 Å². The summed E-state index contributed by atoms with van der Waals surface area (Å²) in [5.74, 6) is 0. The molecule has 60 valence electrons. The number of hydrogen-bond donors (Lipinski definition) is 2. The number of aromatic amines is 1. The Bertz CT molecular complexity index is 226. The number of H-pyrrole nitrogens is 1. The first-order chi connectivity index (χ1) is 5.29. The zero-order valence-corrected chi connectivity index (χ0v) is 6.38. The lowest BCUT2D eigenvalue weighted by Crippen LogP contribution is -2.07. The van der Waals surface area contributed by atoms with Crippen molar-refractivity contribution in [1.29, 1.82) is 0 Å². The number of nitrogens with one attached hydrogen (secondary N) is 1. The van der Waals surface area contributed by atoms with Crippen LogP contribution in [0.5, 0.6) is 0 Å². The molecule has 0 radical (unpaired) electrons. The molecule has 0 amide bonds. The van der Waals surface area contributed by atoms with Crippen LogP contribution in [0.15, 0.2) is 12.4 Å². The van der Waals surface area contributed by atoms with E-state index in [1.54, 1.807) is 0 Å². The van der Waals surface area contributed by atoms with Gasteiger partial charge in [0.2, 0.25) is 0 Å². The fourth-order valence-corrected chi connectivity index (χ4v) is 1.19. The molecule has 3 nitrogen and oxygen atoms in total. The van der Waals surface area contributed by atoms with Gasteiger partial charge in [0.15, 0.2) is 0 Å². The molecule has 0 spiro atoms. The zero-order valence-electron chi connectivity index (χ0n) is 6.38. The van der Waals surface area contributed by atoms with E-state index in [1.807, 2.05) is 12.4 Å². The molecule has 0 aromatic carbocycles. The van der Waals surface area contributed by atoms with E-state index in [4.69, 9.17) is 0 Å². The van der Waals surface area contributed by atoms with Crippen LogP contribution in [0.25, 0.3) is 0 Å². The van der Waals surface area contributed by atoms with E-state index >= 15 is 0 Å². The molecule has 0 unspecified atom stereocenters. The standard InChI is InChI=1S/C8H12N2O/c11-8(3-4-8)2-1-7-5-9-10-6-7/h5-6,11H,1-4H2,(H,9,10). The Kier molecular flexibility index (Phi) is 1.46. The summed E-state index contributed by atoms with van der Waals surface area (Å²) in [6, 6.07) is 0. The van der Waals surface area contributed by atoms with E-state index in [0.29, 0.717) is 0 Å². The van der Waals surface area contributed by atoms with Crippen LogP contribution in [0.3, 0.4) is 0 Å². The third kappa shape index (κ3) is 1.60. The van der Waals surface area contributed by atoms with Gasteiger partial charge in [-0.05, 0) is 31.2 Å². The van der Waals surface area contributed by atoms with Crippen molar-refractivity contribution in [3.05, 3.63) is 18.0 Å². The summed E-state index contributed by atoms with van der Waals surface area (Å²) in [6.45, 7) is 0. The highest BCUT2D eigenvalue weighted by molar-refractivity contribution is 5.05. The summed E-state index contributed by atoms with van der Waals surface area (Å²) in [5, 5.41) is 16.1. The maximum atomic E-state index is 9.50. The molecule has 0 saturated heterocycles. The predicted molar refractivity (Wildman–Crippen MR) is 41.1 cm³/mol. The van der Waals surface area contributed by atoms with Crippen molar-refractivity contribution < 1.29 is 5.11 Å². The monoisotopic (exact) mass is 152 g/mol. The van der Waals surface area contributed by atoms with Crippen molar-refractivity contribution in [2.45, 2.75) is 31.3 Å². The van der Waals surface area contributed by atoms with Gasteiger partial charge in [0.25, 0.3) is 0 Å². The molecule has 0 aliphatic heterocycles. The second-order valence-electron chi connectivity index (χ2n) is 3.33.